The number of benzene rings is 1. The standard InChI is InChI=1S/C15H19IN2O/c1-19-14-4-2-3-13(11-14)12-18-9-6-15(16,5-8-17)7-10-18/h2-4,11H,5-7,9-10,12H2,1H3. The first-order valence-corrected chi connectivity index (χ1v) is 7.64. The fourth-order valence-corrected chi connectivity index (χ4v) is 3.11. The van der Waals surface area contributed by atoms with Gasteiger partial charge in [-0.1, -0.05) is 34.7 Å². The van der Waals surface area contributed by atoms with E-state index >= 15 is 0 Å². The minimum Gasteiger partial charge on any atom is -0.497 e. The Morgan fingerprint density at radius 3 is 2.79 bits per heavy atom. The van der Waals surface area contributed by atoms with Crippen LogP contribution in [0.5, 0.6) is 5.75 Å². The Kier molecular flexibility index (Phi) is 5.06. The van der Waals surface area contributed by atoms with E-state index in [0.717, 1.165) is 38.2 Å². The maximum absolute atomic E-state index is 8.86. The summed E-state index contributed by atoms with van der Waals surface area (Å²) in [4.78, 5) is 2.46. The molecule has 0 radical (unpaired) electrons. The molecule has 0 aliphatic carbocycles. The summed E-state index contributed by atoms with van der Waals surface area (Å²) < 4.78 is 5.45. The van der Waals surface area contributed by atoms with Crippen LogP contribution in [0.3, 0.4) is 0 Å². The third-order valence-electron chi connectivity index (χ3n) is 3.69. The average Bonchev–Trinajstić information content (AvgIpc) is 2.42. The molecule has 3 nitrogen and oxygen atoms in total. The lowest BCUT2D eigenvalue weighted by atomic mass is 9.94. The molecule has 1 saturated heterocycles. The van der Waals surface area contributed by atoms with Crippen LogP contribution in [0.2, 0.25) is 0 Å². The smallest absolute Gasteiger partial charge is 0.119 e. The highest BCUT2D eigenvalue weighted by Crippen LogP contribution is 2.35. The number of hydrogen-bond donors (Lipinski definition) is 0. The largest absolute Gasteiger partial charge is 0.497 e. The first-order chi connectivity index (χ1) is 9.15. The van der Waals surface area contributed by atoms with Crippen LogP contribution in [0.1, 0.15) is 24.8 Å². The van der Waals surface area contributed by atoms with Gasteiger partial charge in [-0.2, -0.15) is 5.26 Å². The van der Waals surface area contributed by atoms with Crippen LogP contribution >= 0.6 is 22.6 Å². The average molecular weight is 370 g/mol. The Balaban J connectivity index is 1.90. The number of hydrogen-bond acceptors (Lipinski definition) is 3. The van der Waals surface area contributed by atoms with Crippen molar-refractivity contribution in [1.29, 1.82) is 5.26 Å². The van der Waals surface area contributed by atoms with Gasteiger partial charge < -0.3 is 4.74 Å². The summed E-state index contributed by atoms with van der Waals surface area (Å²) in [5.41, 5.74) is 1.29. The zero-order chi connectivity index (χ0) is 13.7. The Morgan fingerprint density at radius 1 is 1.42 bits per heavy atom. The summed E-state index contributed by atoms with van der Waals surface area (Å²) in [7, 11) is 1.70. The number of alkyl halides is 1. The lowest BCUT2D eigenvalue weighted by molar-refractivity contribution is 0.199. The van der Waals surface area contributed by atoms with Crippen LogP contribution in [0.25, 0.3) is 0 Å². The molecular formula is C15H19IN2O. The number of methoxy groups -OCH3 is 1. The van der Waals surface area contributed by atoms with E-state index in [2.05, 4.69) is 45.7 Å². The summed E-state index contributed by atoms with van der Waals surface area (Å²) in [6.45, 7) is 3.11. The summed E-state index contributed by atoms with van der Waals surface area (Å²) in [5.74, 6) is 0.919. The van der Waals surface area contributed by atoms with E-state index < -0.39 is 0 Å². The zero-order valence-electron chi connectivity index (χ0n) is 11.2. The van der Waals surface area contributed by atoms with Gasteiger partial charge in [0.2, 0.25) is 0 Å². The highest BCUT2D eigenvalue weighted by atomic mass is 127. The second-order valence-electron chi connectivity index (χ2n) is 5.11. The van der Waals surface area contributed by atoms with Crippen molar-refractivity contribution < 1.29 is 4.74 Å². The monoisotopic (exact) mass is 370 g/mol. The molecule has 0 bridgehead atoms. The normalized spacial score (nSPS) is 18.8. The molecule has 2 rings (SSSR count). The van der Waals surface area contributed by atoms with Gasteiger partial charge in [0.1, 0.15) is 5.75 Å². The molecule has 1 aromatic carbocycles. The molecule has 0 spiro atoms. The predicted molar refractivity (Wildman–Crippen MR) is 84.5 cm³/mol. The minimum absolute atomic E-state index is 0.192. The summed E-state index contributed by atoms with van der Waals surface area (Å²) in [6.07, 6.45) is 2.87. The van der Waals surface area contributed by atoms with E-state index in [9.17, 15) is 0 Å². The van der Waals surface area contributed by atoms with Crippen LogP contribution in [0, 0.1) is 11.3 Å². The minimum atomic E-state index is 0.192. The molecular weight excluding hydrogens is 351 g/mol. The van der Waals surface area contributed by atoms with E-state index in [4.69, 9.17) is 10.00 Å². The first kappa shape index (κ1) is 14.6. The van der Waals surface area contributed by atoms with E-state index in [1.54, 1.807) is 7.11 Å². The van der Waals surface area contributed by atoms with Gasteiger partial charge in [0.05, 0.1) is 13.2 Å². The number of rotatable bonds is 4. The van der Waals surface area contributed by atoms with Crippen molar-refractivity contribution in [3.63, 3.8) is 0 Å². The maximum atomic E-state index is 8.86. The zero-order valence-corrected chi connectivity index (χ0v) is 13.4. The molecule has 102 valence electrons. The van der Waals surface area contributed by atoms with Crippen LogP contribution < -0.4 is 4.74 Å². The van der Waals surface area contributed by atoms with Gasteiger partial charge in [0, 0.05) is 16.4 Å². The molecule has 19 heavy (non-hydrogen) atoms. The predicted octanol–water partition coefficient (Wildman–Crippen LogP) is 3.38. The van der Waals surface area contributed by atoms with E-state index in [1.807, 2.05) is 12.1 Å². The van der Waals surface area contributed by atoms with Gasteiger partial charge >= 0.3 is 0 Å². The van der Waals surface area contributed by atoms with E-state index in [-0.39, 0.29) is 3.42 Å². The molecule has 4 heteroatoms. The summed E-state index contributed by atoms with van der Waals surface area (Å²) in [5, 5.41) is 8.86. The van der Waals surface area contributed by atoms with Crippen molar-refractivity contribution >= 4 is 22.6 Å². The number of halogens is 1. The van der Waals surface area contributed by atoms with Gasteiger partial charge in [-0.25, -0.2) is 0 Å². The molecule has 1 heterocycles. The Labute approximate surface area is 128 Å². The van der Waals surface area contributed by atoms with Crippen molar-refractivity contribution in [2.75, 3.05) is 20.2 Å². The van der Waals surface area contributed by atoms with Crippen molar-refractivity contribution in [3.05, 3.63) is 29.8 Å². The first-order valence-electron chi connectivity index (χ1n) is 6.56. The Hall–Kier alpha value is -0.800. The van der Waals surface area contributed by atoms with E-state index in [1.165, 1.54) is 5.56 Å². The summed E-state index contributed by atoms with van der Waals surface area (Å²) in [6, 6.07) is 10.6. The van der Waals surface area contributed by atoms with Crippen molar-refractivity contribution in [3.8, 4) is 11.8 Å². The maximum Gasteiger partial charge on any atom is 0.119 e. The van der Waals surface area contributed by atoms with Gasteiger partial charge in [0.15, 0.2) is 0 Å². The molecule has 1 aliphatic rings. The molecule has 0 N–H and O–H groups in total. The van der Waals surface area contributed by atoms with Crippen LogP contribution in [0.4, 0.5) is 0 Å². The van der Waals surface area contributed by atoms with Crippen molar-refractivity contribution in [1.82, 2.24) is 4.90 Å². The molecule has 1 aliphatic heterocycles. The topological polar surface area (TPSA) is 36.3 Å². The molecule has 1 fully saturated rings. The summed E-state index contributed by atoms with van der Waals surface area (Å²) >= 11 is 2.47. The number of nitrogens with zero attached hydrogens (tertiary/aromatic N) is 2. The Bertz CT molecular complexity index is 461. The number of nitriles is 1. The van der Waals surface area contributed by atoms with Gasteiger partial charge in [-0.15, -0.1) is 0 Å². The number of likely N-dealkylation sites (tertiary alicyclic amines) is 1. The highest BCUT2D eigenvalue weighted by molar-refractivity contribution is 14.1. The molecule has 0 unspecified atom stereocenters. The molecule has 0 atom stereocenters. The fraction of sp³-hybridized carbons (Fsp3) is 0.533. The molecule has 0 aromatic heterocycles. The fourth-order valence-electron chi connectivity index (χ4n) is 2.46. The lowest BCUT2D eigenvalue weighted by Crippen LogP contribution is -2.40. The third-order valence-corrected chi connectivity index (χ3v) is 5.15. The van der Waals surface area contributed by atoms with Crippen molar-refractivity contribution in [2.45, 2.75) is 29.2 Å². The third kappa shape index (κ3) is 4.08. The number of ether oxygens (including phenoxy) is 1. The van der Waals surface area contributed by atoms with E-state index in [0.29, 0.717) is 6.42 Å². The van der Waals surface area contributed by atoms with Gasteiger partial charge in [-0.05, 0) is 43.6 Å². The van der Waals surface area contributed by atoms with Crippen LogP contribution in [-0.4, -0.2) is 28.5 Å². The molecule has 1 aromatic rings. The SMILES string of the molecule is COc1cccc(CN2CCC(I)(CC#N)CC2)c1. The molecule has 0 saturated carbocycles. The van der Waals surface area contributed by atoms with Crippen LogP contribution in [0.15, 0.2) is 24.3 Å². The molecule has 0 amide bonds. The second kappa shape index (κ2) is 6.58. The van der Waals surface area contributed by atoms with Crippen LogP contribution in [-0.2, 0) is 6.54 Å². The van der Waals surface area contributed by atoms with Crippen molar-refractivity contribution in [2.24, 2.45) is 0 Å². The Morgan fingerprint density at radius 2 is 2.16 bits per heavy atom. The quantitative estimate of drug-likeness (QED) is 0.602. The second-order valence-corrected chi connectivity index (χ2v) is 7.40. The highest BCUT2D eigenvalue weighted by Gasteiger charge is 2.31. The lowest BCUT2D eigenvalue weighted by Gasteiger charge is -2.36. The number of piperidine rings is 1. The van der Waals surface area contributed by atoms with Gasteiger partial charge in [0.25, 0.3) is 0 Å². The van der Waals surface area contributed by atoms with Gasteiger partial charge in [-0.3, -0.25) is 4.90 Å².